The van der Waals surface area contributed by atoms with Crippen LogP contribution in [0.1, 0.15) is 43.0 Å². The minimum atomic E-state index is 0.0308. The van der Waals surface area contributed by atoms with Crippen molar-refractivity contribution in [1.82, 2.24) is 19.5 Å². The topological polar surface area (TPSA) is 63.6 Å². The van der Waals surface area contributed by atoms with Crippen LogP contribution >= 0.6 is 0 Å². The minimum Gasteiger partial charge on any atom is -0.325 e. The number of aromatic nitrogens is 4. The van der Waals surface area contributed by atoms with Gasteiger partial charge < -0.3 is 9.55 Å². The van der Waals surface area contributed by atoms with E-state index < -0.39 is 0 Å². The van der Waals surface area contributed by atoms with Gasteiger partial charge in [-0.2, -0.15) is 0 Å². The summed E-state index contributed by atoms with van der Waals surface area (Å²) in [5, 5.41) is 0. The van der Waals surface area contributed by atoms with E-state index in [1.54, 1.807) is 6.20 Å². The summed E-state index contributed by atoms with van der Waals surface area (Å²) in [6, 6.07) is 0.541. The van der Waals surface area contributed by atoms with E-state index in [2.05, 4.69) is 19.5 Å². The van der Waals surface area contributed by atoms with E-state index in [4.69, 9.17) is 0 Å². The number of hydrogen-bond donors (Lipinski definition) is 1. The SMILES string of the molecule is O=c1[nH]c(-c2cncn2C2CC2)nc2c1CCCC2. The van der Waals surface area contributed by atoms with Gasteiger partial charge in [-0.05, 0) is 38.5 Å². The van der Waals surface area contributed by atoms with Crippen LogP contribution in [-0.4, -0.2) is 19.5 Å². The van der Waals surface area contributed by atoms with Crippen molar-refractivity contribution in [1.29, 1.82) is 0 Å². The highest BCUT2D eigenvalue weighted by Gasteiger charge is 2.27. The second kappa shape index (κ2) is 4.05. The van der Waals surface area contributed by atoms with Crippen molar-refractivity contribution < 1.29 is 0 Å². The van der Waals surface area contributed by atoms with Crippen molar-refractivity contribution in [3.8, 4) is 11.5 Å². The second-order valence-corrected chi connectivity index (χ2v) is 5.46. The molecule has 0 saturated heterocycles. The lowest BCUT2D eigenvalue weighted by Crippen LogP contribution is -2.22. The summed E-state index contributed by atoms with van der Waals surface area (Å²) in [7, 11) is 0. The minimum absolute atomic E-state index is 0.0308. The van der Waals surface area contributed by atoms with Gasteiger partial charge in [0.15, 0.2) is 5.82 Å². The average molecular weight is 256 g/mol. The lowest BCUT2D eigenvalue weighted by atomic mass is 9.97. The Hall–Kier alpha value is -1.91. The predicted molar refractivity (Wildman–Crippen MR) is 71.0 cm³/mol. The highest BCUT2D eigenvalue weighted by molar-refractivity contribution is 5.50. The first-order valence-corrected chi connectivity index (χ1v) is 6.97. The van der Waals surface area contributed by atoms with Crippen molar-refractivity contribution in [3.63, 3.8) is 0 Å². The highest BCUT2D eigenvalue weighted by atomic mass is 16.1. The van der Waals surface area contributed by atoms with E-state index in [1.165, 1.54) is 12.8 Å². The van der Waals surface area contributed by atoms with Crippen LogP contribution in [0.5, 0.6) is 0 Å². The van der Waals surface area contributed by atoms with E-state index in [9.17, 15) is 4.79 Å². The molecule has 5 heteroatoms. The van der Waals surface area contributed by atoms with Gasteiger partial charge in [0.2, 0.25) is 0 Å². The molecule has 0 radical (unpaired) electrons. The third kappa shape index (κ3) is 1.80. The molecule has 2 aliphatic carbocycles. The summed E-state index contributed by atoms with van der Waals surface area (Å²) in [5.74, 6) is 0.676. The monoisotopic (exact) mass is 256 g/mol. The summed E-state index contributed by atoms with van der Waals surface area (Å²) in [5.41, 5.74) is 2.83. The Labute approximate surface area is 110 Å². The number of H-pyrrole nitrogens is 1. The van der Waals surface area contributed by atoms with E-state index >= 15 is 0 Å². The molecular formula is C14H16N4O. The summed E-state index contributed by atoms with van der Waals surface area (Å²) < 4.78 is 2.13. The summed E-state index contributed by atoms with van der Waals surface area (Å²) in [6.45, 7) is 0. The molecule has 1 N–H and O–H groups in total. The van der Waals surface area contributed by atoms with Gasteiger partial charge in [0, 0.05) is 11.6 Å². The Morgan fingerprint density at radius 3 is 2.95 bits per heavy atom. The van der Waals surface area contributed by atoms with Crippen LogP contribution in [0.25, 0.3) is 11.5 Å². The molecule has 2 aliphatic rings. The van der Waals surface area contributed by atoms with Gasteiger partial charge in [0.25, 0.3) is 5.56 Å². The van der Waals surface area contributed by atoms with E-state index in [-0.39, 0.29) is 5.56 Å². The van der Waals surface area contributed by atoms with Gasteiger partial charge in [0.1, 0.15) is 5.69 Å². The van der Waals surface area contributed by atoms with Crippen LogP contribution < -0.4 is 5.56 Å². The van der Waals surface area contributed by atoms with Crippen LogP contribution in [0.2, 0.25) is 0 Å². The molecule has 0 aromatic carbocycles. The van der Waals surface area contributed by atoms with Crippen LogP contribution in [0.3, 0.4) is 0 Å². The number of fused-ring (bicyclic) bond motifs is 1. The van der Waals surface area contributed by atoms with Crippen LogP contribution in [-0.2, 0) is 12.8 Å². The zero-order valence-electron chi connectivity index (χ0n) is 10.7. The fourth-order valence-corrected chi connectivity index (χ4v) is 2.86. The normalized spacial score (nSPS) is 18.3. The maximum absolute atomic E-state index is 12.2. The Balaban J connectivity index is 1.85. The Morgan fingerprint density at radius 1 is 1.26 bits per heavy atom. The summed E-state index contributed by atoms with van der Waals surface area (Å²) in [6.07, 6.45) is 10.0. The Bertz CT molecular complexity index is 681. The molecule has 0 spiro atoms. The number of hydrogen-bond acceptors (Lipinski definition) is 3. The molecule has 0 amide bonds. The molecule has 0 bridgehead atoms. The first-order chi connectivity index (χ1) is 9.33. The largest absolute Gasteiger partial charge is 0.325 e. The van der Waals surface area contributed by atoms with Crippen molar-refractivity contribution in [3.05, 3.63) is 34.1 Å². The van der Waals surface area contributed by atoms with E-state index in [0.717, 1.165) is 42.6 Å². The molecule has 0 atom stereocenters. The number of rotatable bonds is 2. The molecule has 19 heavy (non-hydrogen) atoms. The number of imidazole rings is 1. The van der Waals surface area contributed by atoms with Crippen molar-refractivity contribution in [2.24, 2.45) is 0 Å². The number of aryl methyl sites for hydroxylation is 1. The number of nitrogens with zero attached hydrogens (tertiary/aromatic N) is 3. The molecule has 0 aliphatic heterocycles. The molecule has 4 rings (SSSR count). The molecule has 0 unspecified atom stereocenters. The fourth-order valence-electron chi connectivity index (χ4n) is 2.86. The Kier molecular flexibility index (Phi) is 2.33. The Morgan fingerprint density at radius 2 is 2.11 bits per heavy atom. The van der Waals surface area contributed by atoms with Crippen LogP contribution in [0.15, 0.2) is 17.3 Å². The lowest BCUT2D eigenvalue weighted by Gasteiger charge is -2.15. The molecule has 2 aromatic rings. The first-order valence-electron chi connectivity index (χ1n) is 6.97. The van der Waals surface area contributed by atoms with Gasteiger partial charge in [-0.1, -0.05) is 0 Å². The molecule has 5 nitrogen and oxygen atoms in total. The quantitative estimate of drug-likeness (QED) is 0.891. The molecule has 2 heterocycles. The standard InChI is InChI=1S/C14H16N4O/c19-14-10-3-1-2-4-11(10)16-13(17-14)12-7-15-8-18(12)9-5-6-9/h7-9H,1-6H2,(H,16,17,19). The summed E-state index contributed by atoms with van der Waals surface area (Å²) >= 11 is 0. The highest BCUT2D eigenvalue weighted by Crippen LogP contribution is 2.37. The van der Waals surface area contributed by atoms with E-state index in [1.807, 2.05) is 6.33 Å². The van der Waals surface area contributed by atoms with Gasteiger partial charge in [-0.3, -0.25) is 4.79 Å². The maximum Gasteiger partial charge on any atom is 0.254 e. The van der Waals surface area contributed by atoms with Gasteiger partial charge in [0.05, 0.1) is 18.2 Å². The predicted octanol–water partition coefficient (Wildman–Crippen LogP) is 1.85. The molecular weight excluding hydrogens is 240 g/mol. The van der Waals surface area contributed by atoms with Crippen molar-refractivity contribution in [2.75, 3.05) is 0 Å². The lowest BCUT2D eigenvalue weighted by molar-refractivity contribution is 0.655. The van der Waals surface area contributed by atoms with Gasteiger partial charge >= 0.3 is 0 Å². The first kappa shape index (κ1) is 11.0. The molecule has 98 valence electrons. The second-order valence-electron chi connectivity index (χ2n) is 5.46. The van der Waals surface area contributed by atoms with Crippen LogP contribution in [0.4, 0.5) is 0 Å². The van der Waals surface area contributed by atoms with Gasteiger partial charge in [-0.15, -0.1) is 0 Å². The average Bonchev–Trinajstić information content (AvgIpc) is 3.16. The maximum atomic E-state index is 12.2. The molecule has 1 saturated carbocycles. The number of nitrogens with one attached hydrogen (secondary N) is 1. The van der Waals surface area contributed by atoms with Crippen molar-refractivity contribution in [2.45, 2.75) is 44.6 Å². The zero-order valence-corrected chi connectivity index (χ0v) is 10.7. The fraction of sp³-hybridized carbons (Fsp3) is 0.500. The van der Waals surface area contributed by atoms with E-state index in [0.29, 0.717) is 11.9 Å². The molecule has 2 aromatic heterocycles. The third-order valence-electron chi connectivity index (χ3n) is 4.04. The molecule has 1 fully saturated rings. The smallest absolute Gasteiger partial charge is 0.254 e. The third-order valence-corrected chi connectivity index (χ3v) is 4.04. The van der Waals surface area contributed by atoms with Crippen molar-refractivity contribution >= 4 is 0 Å². The number of aromatic amines is 1. The zero-order chi connectivity index (χ0) is 12.8. The summed E-state index contributed by atoms with van der Waals surface area (Å²) in [4.78, 5) is 24.0. The van der Waals surface area contributed by atoms with Gasteiger partial charge in [-0.25, -0.2) is 9.97 Å². The van der Waals surface area contributed by atoms with Crippen LogP contribution in [0, 0.1) is 0 Å².